The Balaban J connectivity index is 1.77. The Bertz CT molecular complexity index is 879. The first-order valence-electron chi connectivity index (χ1n) is 7.97. The molecule has 26 heavy (non-hydrogen) atoms. The smallest absolute Gasteiger partial charge is 0.286 e. The Morgan fingerprint density at radius 2 is 1.92 bits per heavy atom. The van der Waals surface area contributed by atoms with Crippen LogP contribution in [0.1, 0.15) is 18.1 Å². The lowest BCUT2D eigenvalue weighted by Gasteiger charge is -2.13. The SMILES string of the molecule is CCOc1cc(C=C2SC(N)=NC2=O)ccc1OCc1ccc(F)cc1. The Labute approximate surface area is 154 Å². The number of benzene rings is 2. The number of nitrogens with two attached hydrogens (primary N) is 1. The van der Waals surface area contributed by atoms with Crippen LogP contribution in [0.3, 0.4) is 0 Å². The summed E-state index contributed by atoms with van der Waals surface area (Å²) in [6.45, 7) is 2.63. The van der Waals surface area contributed by atoms with Gasteiger partial charge in [-0.1, -0.05) is 18.2 Å². The second-order valence-electron chi connectivity index (χ2n) is 5.42. The highest BCUT2D eigenvalue weighted by atomic mass is 32.2. The molecule has 0 saturated carbocycles. The van der Waals surface area contributed by atoms with Crippen molar-refractivity contribution < 1.29 is 18.7 Å². The molecule has 0 aliphatic carbocycles. The van der Waals surface area contributed by atoms with Gasteiger partial charge >= 0.3 is 0 Å². The summed E-state index contributed by atoms with van der Waals surface area (Å²) < 4.78 is 24.4. The molecule has 2 N–H and O–H groups in total. The zero-order valence-electron chi connectivity index (χ0n) is 14.1. The fraction of sp³-hybridized carbons (Fsp3) is 0.158. The summed E-state index contributed by atoms with van der Waals surface area (Å²) in [6.07, 6.45) is 1.71. The number of carbonyl (C=O) groups excluding carboxylic acids is 1. The van der Waals surface area contributed by atoms with E-state index in [0.29, 0.717) is 29.6 Å². The molecule has 0 radical (unpaired) electrons. The third kappa shape index (κ3) is 4.43. The molecule has 0 unspecified atom stereocenters. The minimum Gasteiger partial charge on any atom is -0.490 e. The van der Waals surface area contributed by atoms with Gasteiger partial charge in [-0.05, 0) is 60.2 Å². The lowest BCUT2D eigenvalue weighted by Crippen LogP contribution is -2.01. The van der Waals surface area contributed by atoms with Gasteiger partial charge in [0.05, 0.1) is 11.5 Å². The summed E-state index contributed by atoms with van der Waals surface area (Å²) >= 11 is 1.14. The van der Waals surface area contributed by atoms with E-state index in [0.717, 1.165) is 22.9 Å². The molecule has 2 aromatic rings. The molecular formula is C19H17FN2O3S. The molecule has 134 valence electrons. The van der Waals surface area contributed by atoms with E-state index in [4.69, 9.17) is 15.2 Å². The van der Waals surface area contributed by atoms with E-state index in [1.807, 2.05) is 13.0 Å². The van der Waals surface area contributed by atoms with Crippen molar-refractivity contribution >= 4 is 28.9 Å². The number of ether oxygens (including phenoxy) is 2. The number of amidine groups is 1. The van der Waals surface area contributed by atoms with E-state index in [9.17, 15) is 9.18 Å². The van der Waals surface area contributed by atoms with E-state index in [2.05, 4.69) is 4.99 Å². The first kappa shape index (κ1) is 18.0. The Morgan fingerprint density at radius 1 is 1.15 bits per heavy atom. The van der Waals surface area contributed by atoms with Crippen molar-refractivity contribution in [2.75, 3.05) is 6.61 Å². The normalized spacial score (nSPS) is 15.2. The van der Waals surface area contributed by atoms with Crippen molar-refractivity contribution in [3.63, 3.8) is 0 Å². The van der Waals surface area contributed by atoms with E-state index >= 15 is 0 Å². The van der Waals surface area contributed by atoms with Gasteiger partial charge in [-0.2, -0.15) is 4.99 Å². The third-order valence-electron chi connectivity index (χ3n) is 3.51. The molecule has 0 spiro atoms. The summed E-state index contributed by atoms with van der Waals surface area (Å²) in [5.74, 6) is 0.500. The summed E-state index contributed by atoms with van der Waals surface area (Å²) in [6, 6.07) is 11.5. The lowest BCUT2D eigenvalue weighted by atomic mass is 10.2. The van der Waals surface area contributed by atoms with Crippen LogP contribution < -0.4 is 15.2 Å². The number of carbonyl (C=O) groups is 1. The first-order valence-corrected chi connectivity index (χ1v) is 8.79. The maximum Gasteiger partial charge on any atom is 0.286 e. The van der Waals surface area contributed by atoms with Gasteiger partial charge in [0, 0.05) is 0 Å². The second-order valence-corrected chi connectivity index (χ2v) is 6.48. The van der Waals surface area contributed by atoms with Crippen LogP contribution in [0.15, 0.2) is 52.4 Å². The van der Waals surface area contributed by atoms with Gasteiger partial charge in [0.25, 0.3) is 5.91 Å². The van der Waals surface area contributed by atoms with Crippen LogP contribution in [-0.2, 0) is 11.4 Å². The molecule has 2 aromatic carbocycles. The second kappa shape index (κ2) is 8.05. The van der Waals surface area contributed by atoms with Crippen LogP contribution in [0, 0.1) is 5.82 Å². The quantitative estimate of drug-likeness (QED) is 0.782. The van der Waals surface area contributed by atoms with E-state index in [1.54, 1.807) is 30.3 Å². The van der Waals surface area contributed by atoms with Crippen molar-refractivity contribution in [1.82, 2.24) is 0 Å². The van der Waals surface area contributed by atoms with E-state index in [-0.39, 0.29) is 16.9 Å². The Kier molecular flexibility index (Phi) is 5.58. The first-order chi connectivity index (χ1) is 12.5. The third-order valence-corrected chi connectivity index (χ3v) is 4.32. The number of hydrogen-bond donors (Lipinski definition) is 1. The average Bonchev–Trinajstić information content (AvgIpc) is 2.93. The molecule has 1 aliphatic rings. The van der Waals surface area contributed by atoms with Gasteiger partial charge in [-0.15, -0.1) is 0 Å². The monoisotopic (exact) mass is 372 g/mol. The maximum absolute atomic E-state index is 13.0. The molecule has 7 heteroatoms. The number of nitrogens with zero attached hydrogens (tertiary/aromatic N) is 1. The standard InChI is InChI=1S/C19H17FN2O3S/c1-2-24-16-9-13(10-17-18(23)22-19(21)26-17)5-8-15(16)25-11-12-3-6-14(20)7-4-12/h3-10H,2,11H2,1H3,(H2,21,22,23). The summed E-state index contributed by atoms with van der Waals surface area (Å²) in [5.41, 5.74) is 7.19. The molecule has 0 aromatic heterocycles. The number of thioether (sulfide) groups is 1. The molecule has 0 fully saturated rings. The lowest BCUT2D eigenvalue weighted by molar-refractivity contribution is -0.113. The van der Waals surface area contributed by atoms with Crippen LogP contribution in [0.4, 0.5) is 4.39 Å². The molecule has 3 rings (SSSR count). The van der Waals surface area contributed by atoms with Gasteiger partial charge in [0.1, 0.15) is 12.4 Å². The van der Waals surface area contributed by atoms with Gasteiger partial charge in [0.15, 0.2) is 16.7 Å². The summed E-state index contributed by atoms with van der Waals surface area (Å²) in [7, 11) is 0. The zero-order chi connectivity index (χ0) is 18.5. The maximum atomic E-state index is 13.0. The molecule has 1 heterocycles. The highest BCUT2D eigenvalue weighted by Crippen LogP contribution is 2.32. The molecular weight excluding hydrogens is 355 g/mol. The van der Waals surface area contributed by atoms with Gasteiger partial charge in [-0.25, -0.2) is 4.39 Å². The van der Waals surface area contributed by atoms with E-state index < -0.39 is 0 Å². The predicted octanol–water partition coefficient (Wildman–Crippen LogP) is 3.73. The van der Waals surface area contributed by atoms with Crippen molar-refractivity contribution in [2.24, 2.45) is 10.7 Å². The number of amides is 1. The van der Waals surface area contributed by atoms with Crippen molar-refractivity contribution in [2.45, 2.75) is 13.5 Å². The fourth-order valence-electron chi connectivity index (χ4n) is 2.32. The zero-order valence-corrected chi connectivity index (χ0v) is 14.9. The van der Waals surface area contributed by atoms with Crippen LogP contribution in [0.2, 0.25) is 0 Å². The molecule has 0 saturated heterocycles. The number of hydrogen-bond acceptors (Lipinski definition) is 5. The number of rotatable bonds is 6. The molecule has 1 aliphatic heterocycles. The summed E-state index contributed by atoms with van der Waals surface area (Å²) in [4.78, 5) is 15.9. The topological polar surface area (TPSA) is 73.9 Å². The minimum absolute atomic E-state index is 0.241. The van der Waals surface area contributed by atoms with Gasteiger partial charge < -0.3 is 15.2 Å². The molecule has 5 nitrogen and oxygen atoms in total. The predicted molar refractivity (Wildman–Crippen MR) is 101 cm³/mol. The van der Waals surface area contributed by atoms with Gasteiger partial charge in [-0.3, -0.25) is 4.79 Å². The molecule has 0 atom stereocenters. The minimum atomic E-state index is -0.345. The Morgan fingerprint density at radius 3 is 2.58 bits per heavy atom. The van der Waals surface area contributed by atoms with Crippen LogP contribution >= 0.6 is 11.8 Å². The van der Waals surface area contributed by atoms with Crippen molar-refractivity contribution in [1.29, 1.82) is 0 Å². The fourth-order valence-corrected chi connectivity index (χ4v) is 3.00. The van der Waals surface area contributed by atoms with Crippen LogP contribution in [-0.4, -0.2) is 17.7 Å². The summed E-state index contributed by atoms with van der Waals surface area (Å²) in [5, 5.41) is 0.241. The van der Waals surface area contributed by atoms with Crippen molar-refractivity contribution in [3.05, 3.63) is 64.3 Å². The number of aliphatic imine (C=N–C) groups is 1. The highest BCUT2D eigenvalue weighted by Gasteiger charge is 2.19. The largest absolute Gasteiger partial charge is 0.490 e. The molecule has 0 bridgehead atoms. The van der Waals surface area contributed by atoms with Crippen LogP contribution in [0.5, 0.6) is 11.5 Å². The van der Waals surface area contributed by atoms with Crippen molar-refractivity contribution in [3.8, 4) is 11.5 Å². The highest BCUT2D eigenvalue weighted by molar-refractivity contribution is 8.18. The Hall–Kier alpha value is -2.80. The number of halogens is 1. The van der Waals surface area contributed by atoms with Crippen LogP contribution in [0.25, 0.3) is 6.08 Å². The molecule has 1 amide bonds. The van der Waals surface area contributed by atoms with Gasteiger partial charge in [0.2, 0.25) is 0 Å². The van der Waals surface area contributed by atoms with E-state index in [1.165, 1.54) is 12.1 Å². The average molecular weight is 372 g/mol.